The van der Waals surface area contributed by atoms with Crippen LogP contribution in [-0.4, -0.2) is 36.8 Å². The minimum atomic E-state index is -0.250. The van der Waals surface area contributed by atoms with E-state index in [0.29, 0.717) is 25.4 Å². The van der Waals surface area contributed by atoms with Crippen LogP contribution >= 0.6 is 0 Å². The Labute approximate surface area is 141 Å². The lowest BCUT2D eigenvalue weighted by molar-refractivity contribution is 0.00346. The maximum absolute atomic E-state index is 13.3. The van der Waals surface area contributed by atoms with Gasteiger partial charge in [-0.15, -0.1) is 0 Å². The molecule has 130 valence electrons. The SMILES string of the molecule is C[C@H]1C[C@@H](CNC(=O)NCCc2c[nH]c3ccc(F)cc23)CCO1. The highest BCUT2D eigenvalue weighted by Crippen LogP contribution is 2.20. The van der Waals surface area contributed by atoms with Crippen LogP contribution in [-0.2, 0) is 11.2 Å². The molecule has 3 rings (SSSR count). The zero-order chi connectivity index (χ0) is 16.9. The Balaban J connectivity index is 1.42. The van der Waals surface area contributed by atoms with Gasteiger partial charge in [-0.1, -0.05) is 0 Å². The molecule has 1 fully saturated rings. The Morgan fingerprint density at radius 2 is 2.29 bits per heavy atom. The molecule has 1 aliphatic heterocycles. The molecule has 0 saturated carbocycles. The molecule has 6 heteroatoms. The zero-order valence-corrected chi connectivity index (χ0v) is 13.9. The van der Waals surface area contributed by atoms with Crippen LogP contribution in [0.15, 0.2) is 24.4 Å². The van der Waals surface area contributed by atoms with Gasteiger partial charge in [0.2, 0.25) is 0 Å². The molecule has 0 aliphatic carbocycles. The fourth-order valence-corrected chi connectivity index (χ4v) is 3.24. The van der Waals surface area contributed by atoms with Gasteiger partial charge in [0.1, 0.15) is 5.82 Å². The third-order valence-corrected chi connectivity index (χ3v) is 4.55. The molecule has 2 heterocycles. The predicted molar refractivity (Wildman–Crippen MR) is 91.5 cm³/mol. The summed E-state index contributed by atoms with van der Waals surface area (Å²) in [7, 11) is 0. The number of fused-ring (bicyclic) bond motifs is 1. The fourth-order valence-electron chi connectivity index (χ4n) is 3.24. The summed E-state index contributed by atoms with van der Waals surface area (Å²) < 4.78 is 18.9. The van der Waals surface area contributed by atoms with Gasteiger partial charge < -0.3 is 20.4 Å². The van der Waals surface area contributed by atoms with Crippen molar-refractivity contribution in [2.45, 2.75) is 32.3 Å². The summed E-state index contributed by atoms with van der Waals surface area (Å²) in [6.07, 6.45) is 4.78. The summed E-state index contributed by atoms with van der Waals surface area (Å²) in [5.41, 5.74) is 1.91. The van der Waals surface area contributed by atoms with E-state index in [0.717, 1.165) is 35.9 Å². The van der Waals surface area contributed by atoms with E-state index in [1.165, 1.54) is 12.1 Å². The largest absolute Gasteiger partial charge is 0.378 e. The third-order valence-electron chi connectivity index (χ3n) is 4.55. The Kier molecular flexibility index (Phi) is 5.35. The molecular formula is C18H24FN3O2. The molecule has 5 nitrogen and oxygen atoms in total. The van der Waals surface area contributed by atoms with Crippen molar-refractivity contribution in [2.24, 2.45) is 5.92 Å². The third kappa shape index (κ3) is 4.26. The van der Waals surface area contributed by atoms with Crippen LogP contribution in [0.1, 0.15) is 25.3 Å². The van der Waals surface area contributed by atoms with Crippen LogP contribution in [0.3, 0.4) is 0 Å². The lowest BCUT2D eigenvalue weighted by Crippen LogP contribution is -2.40. The number of nitrogens with one attached hydrogen (secondary N) is 3. The molecule has 1 aromatic carbocycles. The van der Waals surface area contributed by atoms with Crippen molar-refractivity contribution in [3.63, 3.8) is 0 Å². The van der Waals surface area contributed by atoms with Crippen molar-refractivity contribution in [1.29, 1.82) is 0 Å². The Bertz CT molecular complexity index is 701. The molecule has 1 aromatic heterocycles. The topological polar surface area (TPSA) is 66.2 Å². The van der Waals surface area contributed by atoms with Crippen molar-refractivity contribution < 1.29 is 13.9 Å². The highest BCUT2D eigenvalue weighted by molar-refractivity contribution is 5.83. The second-order valence-electron chi connectivity index (χ2n) is 6.46. The minimum absolute atomic E-state index is 0.153. The van der Waals surface area contributed by atoms with Gasteiger partial charge in [-0.2, -0.15) is 0 Å². The van der Waals surface area contributed by atoms with Gasteiger partial charge >= 0.3 is 6.03 Å². The maximum atomic E-state index is 13.3. The number of hydrogen-bond donors (Lipinski definition) is 3. The van der Waals surface area contributed by atoms with Crippen molar-refractivity contribution in [3.05, 3.63) is 35.8 Å². The fraction of sp³-hybridized carbons (Fsp3) is 0.500. The smallest absolute Gasteiger partial charge is 0.314 e. The van der Waals surface area contributed by atoms with Gasteiger partial charge in [0.15, 0.2) is 0 Å². The lowest BCUT2D eigenvalue weighted by atomic mass is 9.96. The Hall–Kier alpha value is -2.08. The molecule has 2 atom stereocenters. The normalized spacial score (nSPS) is 20.9. The van der Waals surface area contributed by atoms with E-state index >= 15 is 0 Å². The van der Waals surface area contributed by atoms with Gasteiger partial charge in [0.25, 0.3) is 0 Å². The quantitative estimate of drug-likeness (QED) is 0.787. The van der Waals surface area contributed by atoms with Crippen LogP contribution in [0.2, 0.25) is 0 Å². The Morgan fingerprint density at radius 3 is 3.12 bits per heavy atom. The summed E-state index contributed by atoms with van der Waals surface area (Å²) in [6, 6.07) is 4.53. The minimum Gasteiger partial charge on any atom is -0.378 e. The highest BCUT2D eigenvalue weighted by atomic mass is 19.1. The monoisotopic (exact) mass is 333 g/mol. The highest BCUT2D eigenvalue weighted by Gasteiger charge is 2.19. The molecule has 0 spiro atoms. The van der Waals surface area contributed by atoms with Crippen LogP contribution in [0, 0.1) is 11.7 Å². The van der Waals surface area contributed by atoms with E-state index in [2.05, 4.69) is 22.5 Å². The molecule has 3 N–H and O–H groups in total. The standard InChI is InChI=1S/C18H24FN3O2/c1-12-8-13(5-7-24-12)10-22-18(23)20-6-4-14-11-21-17-3-2-15(19)9-16(14)17/h2-3,9,11-13,21H,4-8,10H2,1H3,(H2,20,22,23)/t12-,13-/m0/s1. The summed E-state index contributed by atoms with van der Waals surface area (Å²) in [6.45, 7) is 4.03. The molecule has 2 amide bonds. The number of amides is 2. The number of benzene rings is 1. The average Bonchev–Trinajstić information content (AvgIpc) is 2.95. The van der Waals surface area contributed by atoms with Crippen LogP contribution in [0.25, 0.3) is 10.9 Å². The number of H-pyrrole nitrogens is 1. The summed E-state index contributed by atoms with van der Waals surface area (Å²) >= 11 is 0. The van der Waals surface area contributed by atoms with Crippen LogP contribution < -0.4 is 10.6 Å². The number of rotatable bonds is 5. The summed E-state index contributed by atoms with van der Waals surface area (Å²) in [5.74, 6) is 0.232. The van der Waals surface area contributed by atoms with Gasteiger partial charge in [-0.3, -0.25) is 0 Å². The van der Waals surface area contributed by atoms with Crippen molar-refractivity contribution in [3.8, 4) is 0 Å². The van der Waals surface area contributed by atoms with Crippen LogP contribution in [0.5, 0.6) is 0 Å². The van der Waals surface area contributed by atoms with Gasteiger partial charge in [0.05, 0.1) is 6.10 Å². The molecule has 1 aliphatic rings. The molecule has 2 aromatic rings. The number of aromatic nitrogens is 1. The first-order valence-electron chi connectivity index (χ1n) is 8.50. The summed E-state index contributed by atoms with van der Waals surface area (Å²) in [5, 5.41) is 6.66. The number of aromatic amines is 1. The van der Waals surface area contributed by atoms with Crippen LogP contribution in [0.4, 0.5) is 9.18 Å². The number of halogens is 1. The van der Waals surface area contributed by atoms with E-state index in [4.69, 9.17) is 4.74 Å². The predicted octanol–water partition coefficient (Wildman–Crippen LogP) is 2.96. The molecule has 0 unspecified atom stereocenters. The van der Waals surface area contributed by atoms with Gasteiger partial charge in [-0.05, 0) is 55.9 Å². The first-order chi connectivity index (χ1) is 11.6. The van der Waals surface area contributed by atoms with Crippen molar-refractivity contribution in [2.75, 3.05) is 19.7 Å². The lowest BCUT2D eigenvalue weighted by Gasteiger charge is -2.27. The molecular weight excluding hydrogens is 309 g/mol. The number of urea groups is 1. The summed E-state index contributed by atoms with van der Waals surface area (Å²) in [4.78, 5) is 15.0. The van der Waals surface area contributed by atoms with E-state index < -0.39 is 0 Å². The van der Waals surface area contributed by atoms with Crippen molar-refractivity contribution in [1.82, 2.24) is 15.6 Å². The Morgan fingerprint density at radius 1 is 1.42 bits per heavy atom. The van der Waals surface area contributed by atoms with E-state index in [1.807, 2.05) is 6.20 Å². The number of carbonyl (C=O) groups is 1. The average molecular weight is 333 g/mol. The number of carbonyl (C=O) groups excluding carboxylic acids is 1. The zero-order valence-electron chi connectivity index (χ0n) is 13.9. The van der Waals surface area contributed by atoms with Gasteiger partial charge in [0, 0.05) is 36.8 Å². The number of ether oxygens (including phenoxy) is 1. The second kappa shape index (κ2) is 7.66. The van der Waals surface area contributed by atoms with E-state index in [1.54, 1.807) is 6.07 Å². The molecule has 0 radical (unpaired) electrons. The number of hydrogen-bond acceptors (Lipinski definition) is 2. The molecule has 0 bridgehead atoms. The van der Waals surface area contributed by atoms with Crippen molar-refractivity contribution >= 4 is 16.9 Å². The van der Waals surface area contributed by atoms with Gasteiger partial charge in [-0.25, -0.2) is 9.18 Å². The maximum Gasteiger partial charge on any atom is 0.314 e. The van der Waals surface area contributed by atoms with E-state index in [-0.39, 0.29) is 18.0 Å². The molecule has 1 saturated heterocycles. The molecule has 24 heavy (non-hydrogen) atoms. The first kappa shape index (κ1) is 16.8. The van der Waals surface area contributed by atoms with E-state index in [9.17, 15) is 9.18 Å². The first-order valence-corrected chi connectivity index (χ1v) is 8.50. The second-order valence-corrected chi connectivity index (χ2v) is 6.46.